The summed E-state index contributed by atoms with van der Waals surface area (Å²) in [6, 6.07) is 11.4. The Morgan fingerprint density at radius 1 is 0.828 bits per heavy atom. The van der Waals surface area contributed by atoms with Gasteiger partial charge in [-0.2, -0.15) is 0 Å². The van der Waals surface area contributed by atoms with Crippen molar-refractivity contribution in [2.45, 2.75) is 13.8 Å². The van der Waals surface area contributed by atoms with Crippen molar-refractivity contribution in [3.05, 3.63) is 66.2 Å². The van der Waals surface area contributed by atoms with Gasteiger partial charge in [0.05, 0.1) is 19.7 Å². The minimum Gasteiger partial charge on any atom is -0.493 e. The van der Waals surface area contributed by atoms with Gasteiger partial charge in [-0.15, -0.1) is 0 Å². The van der Waals surface area contributed by atoms with E-state index < -0.39 is 0 Å². The van der Waals surface area contributed by atoms with Gasteiger partial charge in [-0.3, -0.25) is 9.97 Å². The van der Waals surface area contributed by atoms with Gasteiger partial charge >= 0.3 is 0 Å². The fourth-order valence-electron chi connectivity index (χ4n) is 3.12. The molecular formula is C23H21N3O3. The summed E-state index contributed by atoms with van der Waals surface area (Å²) in [5.74, 6) is 2.55. The van der Waals surface area contributed by atoms with Crippen LogP contribution in [0.25, 0.3) is 22.2 Å². The van der Waals surface area contributed by atoms with E-state index >= 15 is 0 Å². The molecule has 0 spiro atoms. The van der Waals surface area contributed by atoms with Gasteiger partial charge in [-0.05, 0) is 49.7 Å². The lowest BCUT2D eigenvalue weighted by molar-refractivity contribution is 0.355. The minimum absolute atomic E-state index is 0.614. The van der Waals surface area contributed by atoms with Gasteiger partial charge in [0.15, 0.2) is 17.2 Å². The molecule has 4 aromatic rings. The van der Waals surface area contributed by atoms with Crippen molar-refractivity contribution >= 4 is 10.9 Å². The number of rotatable bonds is 5. The molecule has 6 nitrogen and oxygen atoms in total. The second-order valence-corrected chi connectivity index (χ2v) is 6.61. The van der Waals surface area contributed by atoms with Crippen LogP contribution in [-0.2, 0) is 0 Å². The Kier molecular flexibility index (Phi) is 4.99. The number of aromatic nitrogens is 3. The zero-order valence-corrected chi connectivity index (χ0v) is 16.8. The summed E-state index contributed by atoms with van der Waals surface area (Å²) in [4.78, 5) is 13.4. The summed E-state index contributed by atoms with van der Waals surface area (Å²) in [7, 11) is 3.21. The van der Waals surface area contributed by atoms with Crippen LogP contribution in [0.2, 0.25) is 0 Å². The number of hydrogen-bond acceptors (Lipinski definition) is 6. The number of hydrogen-bond donors (Lipinski definition) is 0. The predicted molar refractivity (Wildman–Crippen MR) is 112 cm³/mol. The van der Waals surface area contributed by atoms with Gasteiger partial charge < -0.3 is 14.2 Å². The summed E-state index contributed by atoms with van der Waals surface area (Å²) >= 11 is 0. The number of fused-ring (bicyclic) bond motifs is 1. The molecule has 6 heteroatoms. The van der Waals surface area contributed by atoms with Gasteiger partial charge in [0, 0.05) is 41.3 Å². The number of benzene rings is 1. The lowest BCUT2D eigenvalue weighted by Crippen LogP contribution is -1.98. The first-order valence-electron chi connectivity index (χ1n) is 9.18. The van der Waals surface area contributed by atoms with Crippen molar-refractivity contribution in [1.82, 2.24) is 15.0 Å². The first kappa shape index (κ1) is 18.7. The zero-order chi connectivity index (χ0) is 20.4. The SMILES string of the molecule is COc1cc2nccc(Oc3cc(C)c(C)nc3-c3cccnc3)c2cc1OC. The monoisotopic (exact) mass is 387 g/mol. The van der Waals surface area contributed by atoms with Gasteiger partial charge in [0.25, 0.3) is 0 Å². The molecule has 0 atom stereocenters. The summed E-state index contributed by atoms with van der Waals surface area (Å²) in [5.41, 5.74) is 4.38. The smallest absolute Gasteiger partial charge is 0.162 e. The van der Waals surface area contributed by atoms with Gasteiger partial charge in [0.2, 0.25) is 0 Å². The van der Waals surface area contributed by atoms with Gasteiger partial charge in [0.1, 0.15) is 11.4 Å². The highest BCUT2D eigenvalue weighted by atomic mass is 16.5. The molecule has 0 fully saturated rings. The highest BCUT2D eigenvalue weighted by Crippen LogP contribution is 2.39. The number of ether oxygens (including phenoxy) is 3. The fraction of sp³-hybridized carbons (Fsp3) is 0.174. The van der Waals surface area contributed by atoms with Gasteiger partial charge in [-0.1, -0.05) is 0 Å². The first-order chi connectivity index (χ1) is 14.1. The number of methoxy groups -OCH3 is 2. The molecule has 3 heterocycles. The molecule has 0 saturated heterocycles. The third kappa shape index (κ3) is 3.57. The van der Waals surface area contributed by atoms with E-state index in [0.717, 1.165) is 33.4 Å². The lowest BCUT2D eigenvalue weighted by Gasteiger charge is -2.15. The van der Waals surface area contributed by atoms with E-state index in [1.165, 1.54) is 0 Å². The largest absolute Gasteiger partial charge is 0.493 e. The first-order valence-corrected chi connectivity index (χ1v) is 9.18. The quantitative estimate of drug-likeness (QED) is 0.474. The Bertz CT molecular complexity index is 1180. The van der Waals surface area contributed by atoms with E-state index in [0.29, 0.717) is 23.0 Å². The van der Waals surface area contributed by atoms with Crippen LogP contribution in [0.15, 0.2) is 55.0 Å². The van der Waals surface area contributed by atoms with E-state index in [9.17, 15) is 0 Å². The Morgan fingerprint density at radius 3 is 2.34 bits per heavy atom. The summed E-state index contributed by atoms with van der Waals surface area (Å²) < 4.78 is 17.2. The third-order valence-electron chi connectivity index (χ3n) is 4.79. The normalized spacial score (nSPS) is 10.8. The molecule has 146 valence electrons. The molecule has 0 aliphatic carbocycles. The summed E-state index contributed by atoms with van der Waals surface area (Å²) in [5, 5.41) is 0.820. The van der Waals surface area contributed by atoms with Gasteiger partial charge in [-0.25, -0.2) is 4.98 Å². The van der Waals surface area contributed by atoms with Crippen LogP contribution in [0.1, 0.15) is 11.3 Å². The Labute approximate surface area is 169 Å². The Hall–Kier alpha value is -3.67. The van der Waals surface area contributed by atoms with E-state index in [4.69, 9.17) is 19.2 Å². The average molecular weight is 387 g/mol. The average Bonchev–Trinajstić information content (AvgIpc) is 2.76. The molecular weight excluding hydrogens is 366 g/mol. The molecule has 0 aliphatic rings. The maximum atomic E-state index is 6.36. The second kappa shape index (κ2) is 7.75. The van der Waals surface area contributed by atoms with Crippen LogP contribution in [0.3, 0.4) is 0 Å². The molecule has 4 rings (SSSR count). The number of pyridine rings is 3. The molecule has 0 bridgehead atoms. The van der Waals surface area contributed by atoms with Crippen molar-refractivity contribution in [3.8, 4) is 34.3 Å². The van der Waals surface area contributed by atoms with Crippen molar-refractivity contribution in [3.63, 3.8) is 0 Å². The topological polar surface area (TPSA) is 66.4 Å². The Morgan fingerprint density at radius 2 is 1.62 bits per heavy atom. The predicted octanol–water partition coefficient (Wildman–Crippen LogP) is 5.12. The van der Waals surface area contributed by atoms with Crippen molar-refractivity contribution in [2.24, 2.45) is 0 Å². The van der Waals surface area contributed by atoms with Crippen LogP contribution in [0, 0.1) is 13.8 Å². The summed E-state index contributed by atoms with van der Waals surface area (Å²) in [6.07, 6.45) is 5.23. The van der Waals surface area contributed by atoms with E-state index in [-0.39, 0.29) is 0 Å². The molecule has 0 aliphatic heterocycles. The summed E-state index contributed by atoms with van der Waals surface area (Å²) in [6.45, 7) is 4.00. The van der Waals surface area contributed by atoms with Crippen molar-refractivity contribution < 1.29 is 14.2 Å². The van der Waals surface area contributed by atoms with Crippen LogP contribution < -0.4 is 14.2 Å². The third-order valence-corrected chi connectivity index (χ3v) is 4.79. The standard InChI is InChI=1S/C23H21N3O3/c1-14-10-22(23(26-15(14)2)16-6-5-8-24-13-16)29-19-7-9-25-18-12-21(28-4)20(27-3)11-17(18)19/h5-13H,1-4H3. The fourth-order valence-corrected chi connectivity index (χ4v) is 3.12. The maximum absolute atomic E-state index is 6.36. The van der Waals surface area contributed by atoms with Crippen molar-refractivity contribution in [2.75, 3.05) is 14.2 Å². The number of nitrogens with zero attached hydrogens (tertiary/aromatic N) is 3. The van der Waals surface area contributed by atoms with E-state index in [2.05, 4.69) is 9.97 Å². The van der Waals surface area contributed by atoms with Crippen LogP contribution in [0.5, 0.6) is 23.0 Å². The van der Waals surface area contributed by atoms with E-state index in [1.807, 2.05) is 50.2 Å². The maximum Gasteiger partial charge on any atom is 0.162 e. The van der Waals surface area contributed by atoms with Crippen molar-refractivity contribution in [1.29, 1.82) is 0 Å². The highest BCUT2D eigenvalue weighted by Gasteiger charge is 2.15. The highest BCUT2D eigenvalue weighted by molar-refractivity contribution is 5.88. The molecule has 1 aromatic carbocycles. The molecule has 0 unspecified atom stereocenters. The Balaban J connectivity index is 1.86. The van der Waals surface area contributed by atoms with Crippen LogP contribution in [0.4, 0.5) is 0 Å². The zero-order valence-electron chi connectivity index (χ0n) is 16.8. The van der Waals surface area contributed by atoms with Crippen LogP contribution >= 0.6 is 0 Å². The molecule has 3 aromatic heterocycles. The molecule has 0 N–H and O–H groups in total. The molecule has 0 saturated carbocycles. The lowest BCUT2D eigenvalue weighted by atomic mass is 10.1. The molecule has 29 heavy (non-hydrogen) atoms. The number of aryl methyl sites for hydroxylation is 2. The van der Waals surface area contributed by atoms with E-state index in [1.54, 1.807) is 32.8 Å². The second-order valence-electron chi connectivity index (χ2n) is 6.61. The minimum atomic E-state index is 0.614. The molecule has 0 radical (unpaired) electrons. The molecule has 0 amide bonds. The van der Waals surface area contributed by atoms with Crippen LogP contribution in [-0.4, -0.2) is 29.2 Å².